The minimum absolute atomic E-state index is 0.222. The summed E-state index contributed by atoms with van der Waals surface area (Å²) in [6.45, 7) is 2.49. The molecular formula is C9H14F3NO3. The van der Waals surface area contributed by atoms with Crippen LogP contribution in [0.5, 0.6) is 0 Å². The van der Waals surface area contributed by atoms with Gasteiger partial charge in [0.15, 0.2) is 0 Å². The Hall–Kier alpha value is -1.11. The van der Waals surface area contributed by atoms with Crippen LogP contribution >= 0.6 is 0 Å². The molecule has 0 aromatic carbocycles. The van der Waals surface area contributed by atoms with Crippen LogP contribution < -0.4 is 5.32 Å². The van der Waals surface area contributed by atoms with E-state index in [1.54, 1.807) is 6.92 Å². The molecule has 94 valence electrons. The number of ketones is 1. The number of carbonyl (C=O) groups is 2. The van der Waals surface area contributed by atoms with Crippen molar-refractivity contribution in [3.8, 4) is 0 Å². The van der Waals surface area contributed by atoms with Crippen molar-refractivity contribution in [3.63, 3.8) is 0 Å². The highest BCUT2D eigenvalue weighted by atomic mass is 19.4. The van der Waals surface area contributed by atoms with Crippen LogP contribution in [-0.4, -0.2) is 36.6 Å². The number of carbonyl (C=O) groups excluding carboxylic acids is 2. The standard InChI is InChI=1S/C9H14F3NO3/c1-4-13-7(15)6(14)8(2,3)16-5-9(10,11)12/h4-5H2,1-3H3,(H,13,15). The highest BCUT2D eigenvalue weighted by Gasteiger charge is 2.38. The Balaban J connectivity index is 4.42. The van der Waals surface area contributed by atoms with Crippen LogP contribution in [0.25, 0.3) is 0 Å². The molecule has 4 nitrogen and oxygen atoms in total. The van der Waals surface area contributed by atoms with E-state index < -0.39 is 30.1 Å². The van der Waals surface area contributed by atoms with E-state index in [1.165, 1.54) is 0 Å². The first-order chi connectivity index (χ1) is 7.10. The lowest BCUT2D eigenvalue weighted by atomic mass is 10.0. The normalized spacial score (nSPS) is 12.4. The van der Waals surface area contributed by atoms with E-state index in [9.17, 15) is 22.8 Å². The van der Waals surface area contributed by atoms with E-state index in [4.69, 9.17) is 0 Å². The van der Waals surface area contributed by atoms with Crippen molar-refractivity contribution in [3.05, 3.63) is 0 Å². The van der Waals surface area contributed by atoms with E-state index in [-0.39, 0.29) is 6.54 Å². The summed E-state index contributed by atoms with van der Waals surface area (Å²) in [5, 5.41) is 2.20. The first-order valence-corrected chi connectivity index (χ1v) is 4.63. The fourth-order valence-corrected chi connectivity index (χ4v) is 0.842. The molecule has 0 unspecified atom stereocenters. The number of rotatable bonds is 5. The van der Waals surface area contributed by atoms with E-state index in [1.807, 2.05) is 0 Å². The van der Waals surface area contributed by atoms with Crippen molar-refractivity contribution in [2.24, 2.45) is 0 Å². The van der Waals surface area contributed by atoms with Gasteiger partial charge in [-0.25, -0.2) is 0 Å². The second-order valence-electron chi connectivity index (χ2n) is 3.60. The molecule has 0 aromatic rings. The van der Waals surface area contributed by atoms with E-state index in [2.05, 4.69) is 10.1 Å². The molecule has 0 fully saturated rings. The summed E-state index contributed by atoms with van der Waals surface area (Å²) in [5.74, 6) is -1.98. The van der Waals surface area contributed by atoms with Crippen LogP contribution in [0.15, 0.2) is 0 Å². The number of hydrogen-bond acceptors (Lipinski definition) is 3. The molecule has 0 aliphatic heterocycles. The Morgan fingerprint density at radius 3 is 2.12 bits per heavy atom. The molecule has 1 amide bonds. The van der Waals surface area contributed by atoms with Crippen molar-refractivity contribution in [1.29, 1.82) is 0 Å². The quantitative estimate of drug-likeness (QED) is 0.732. The average Bonchev–Trinajstić information content (AvgIpc) is 2.13. The third kappa shape index (κ3) is 5.11. The molecule has 0 aromatic heterocycles. The molecule has 0 saturated carbocycles. The summed E-state index contributed by atoms with van der Waals surface area (Å²) in [6, 6.07) is 0. The molecule has 16 heavy (non-hydrogen) atoms. The van der Waals surface area contributed by atoms with Crippen LogP contribution in [0.4, 0.5) is 13.2 Å². The van der Waals surface area contributed by atoms with Gasteiger partial charge in [-0.15, -0.1) is 0 Å². The van der Waals surface area contributed by atoms with Gasteiger partial charge in [-0.05, 0) is 20.8 Å². The first-order valence-electron chi connectivity index (χ1n) is 4.63. The lowest BCUT2D eigenvalue weighted by Gasteiger charge is -2.23. The summed E-state index contributed by atoms with van der Waals surface area (Å²) < 4.78 is 40.0. The lowest BCUT2D eigenvalue weighted by Crippen LogP contribution is -2.46. The van der Waals surface area contributed by atoms with Crippen LogP contribution in [-0.2, 0) is 14.3 Å². The van der Waals surface area contributed by atoms with Gasteiger partial charge in [0.05, 0.1) is 0 Å². The second-order valence-corrected chi connectivity index (χ2v) is 3.60. The highest BCUT2D eigenvalue weighted by molar-refractivity contribution is 6.39. The lowest BCUT2D eigenvalue weighted by molar-refractivity contribution is -0.200. The van der Waals surface area contributed by atoms with Gasteiger partial charge in [0.1, 0.15) is 12.2 Å². The van der Waals surface area contributed by atoms with Gasteiger partial charge in [-0.3, -0.25) is 9.59 Å². The largest absolute Gasteiger partial charge is 0.411 e. The number of alkyl halides is 3. The Labute approximate surface area is 91.1 Å². The Bertz CT molecular complexity index is 274. The van der Waals surface area contributed by atoms with Crippen molar-refractivity contribution >= 4 is 11.7 Å². The fraction of sp³-hybridized carbons (Fsp3) is 0.778. The summed E-state index contributed by atoms with van der Waals surface area (Å²) in [4.78, 5) is 22.5. The third-order valence-electron chi connectivity index (χ3n) is 1.69. The van der Waals surface area contributed by atoms with Crippen LogP contribution in [0.3, 0.4) is 0 Å². The third-order valence-corrected chi connectivity index (χ3v) is 1.69. The molecule has 0 saturated heterocycles. The Kier molecular flexibility index (Phi) is 4.92. The minimum Gasteiger partial charge on any atom is -0.358 e. The molecule has 0 bridgehead atoms. The Morgan fingerprint density at radius 2 is 1.75 bits per heavy atom. The van der Waals surface area contributed by atoms with Crippen molar-refractivity contribution in [2.45, 2.75) is 32.5 Å². The number of ether oxygens (including phenoxy) is 1. The Morgan fingerprint density at radius 1 is 1.25 bits per heavy atom. The second kappa shape index (κ2) is 5.29. The molecule has 0 heterocycles. The zero-order chi connectivity index (χ0) is 13.0. The monoisotopic (exact) mass is 241 g/mol. The summed E-state index contributed by atoms with van der Waals surface area (Å²) in [6.07, 6.45) is -4.53. The molecule has 0 aliphatic carbocycles. The van der Waals surface area contributed by atoms with Crippen LogP contribution in [0, 0.1) is 0 Å². The maximum atomic E-state index is 11.9. The van der Waals surface area contributed by atoms with Gasteiger partial charge in [0, 0.05) is 6.54 Å². The van der Waals surface area contributed by atoms with E-state index in [0.717, 1.165) is 13.8 Å². The average molecular weight is 241 g/mol. The van der Waals surface area contributed by atoms with E-state index in [0.29, 0.717) is 0 Å². The smallest absolute Gasteiger partial charge is 0.358 e. The minimum atomic E-state index is -4.53. The van der Waals surface area contributed by atoms with Crippen molar-refractivity contribution in [1.82, 2.24) is 5.32 Å². The number of likely N-dealkylation sites (N-methyl/N-ethyl adjacent to an activating group) is 1. The SMILES string of the molecule is CCNC(=O)C(=O)C(C)(C)OCC(F)(F)F. The van der Waals surface area contributed by atoms with Gasteiger partial charge in [-0.2, -0.15) is 13.2 Å². The molecule has 0 radical (unpaired) electrons. The molecule has 0 aliphatic rings. The maximum Gasteiger partial charge on any atom is 0.411 e. The summed E-state index contributed by atoms with van der Waals surface area (Å²) in [7, 11) is 0. The number of Topliss-reactive ketones (excluding diaryl/α,β-unsaturated/α-hetero) is 1. The molecule has 0 atom stereocenters. The zero-order valence-corrected chi connectivity index (χ0v) is 9.27. The van der Waals surface area contributed by atoms with Crippen molar-refractivity contribution < 1.29 is 27.5 Å². The highest BCUT2D eigenvalue weighted by Crippen LogP contribution is 2.20. The number of amides is 1. The van der Waals surface area contributed by atoms with Crippen LogP contribution in [0.2, 0.25) is 0 Å². The summed E-state index contributed by atoms with van der Waals surface area (Å²) >= 11 is 0. The number of nitrogens with one attached hydrogen (secondary N) is 1. The molecule has 7 heteroatoms. The molecular weight excluding hydrogens is 227 g/mol. The van der Waals surface area contributed by atoms with Gasteiger partial charge in [-0.1, -0.05) is 0 Å². The zero-order valence-electron chi connectivity index (χ0n) is 9.27. The van der Waals surface area contributed by atoms with Crippen molar-refractivity contribution in [2.75, 3.05) is 13.2 Å². The van der Waals surface area contributed by atoms with Gasteiger partial charge in [0.2, 0.25) is 0 Å². The number of halogens is 3. The van der Waals surface area contributed by atoms with Gasteiger partial charge in [0.25, 0.3) is 11.7 Å². The maximum absolute atomic E-state index is 11.9. The molecule has 1 N–H and O–H groups in total. The number of hydrogen-bond donors (Lipinski definition) is 1. The summed E-state index contributed by atoms with van der Waals surface area (Å²) in [5.41, 5.74) is -1.78. The van der Waals surface area contributed by atoms with Gasteiger partial charge < -0.3 is 10.1 Å². The first kappa shape index (κ1) is 14.9. The fourth-order valence-electron chi connectivity index (χ4n) is 0.842. The van der Waals surface area contributed by atoms with Gasteiger partial charge >= 0.3 is 6.18 Å². The molecule has 0 rings (SSSR count). The predicted molar refractivity (Wildman–Crippen MR) is 49.8 cm³/mol. The van der Waals surface area contributed by atoms with Crippen LogP contribution in [0.1, 0.15) is 20.8 Å². The molecule has 0 spiro atoms. The topological polar surface area (TPSA) is 55.4 Å². The van der Waals surface area contributed by atoms with E-state index >= 15 is 0 Å². The predicted octanol–water partition coefficient (Wildman–Crippen LogP) is 1.05.